The van der Waals surface area contributed by atoms with E-state index in [0.29, 0.717) is 6.42 Å². The fraction of sp³-hybridized carbons (Fsp3) is 0.261. The molecule has 0 atom stereocenters. The Bertz CT molecular complexity index is 1140. The number of ether oxygens (including phenoxy) is 1. The average Bonchev–Trinajstić information content (AvgIpc) is 3.14. The second-order valence-corrected chi connectivity index (χ2v) is 8.05. The number of aromatic amines is 1. The third-order valence-corrected chi connectivity index (χ3v) is 4.66. The fourth-order valence-corrected chi connectivity index (χ4v) is 3.51. The van der Waals surface area contributed by atoms with Crippen molar-refractivity contribution in [2.45, 2.75) is 39.7 Å². The number of nitrogens with zero attached hydrogens (tertiary/aromatic N) is 1. The lowest BCUT2D eigenvalue weighted by atomic mass is 10.1. The van der Waals surface area contributed by atoms with E-state index in [4.69, 9.17) is 4.74 Å². The van der Waals surface area contributed by atoms with Gasteiger partial charge in [0.2, 0.25) is 0 Å². The summed E-state index contributed by atoms with van der Waals surface area (Å²) in [5.74, 6) is 0. The average molecular weight is 360 g/mol. The highest BCUT2D eigenvalue weighted by molar-refractivity contribution is 5.91. The van der Waals surface area contributed by atoms with Crippen molar-refractivity contribution in [1.29, 1.82) is 0 Å². The monoisotopic (exact) mass is 360 g/mol. The summed E-state index contributed by atoms with van der Waals surface area (Å²) in [5.41, 5.74) is 4.75. The molecule has 2 aromatic carbocycles. The SMILES string of the molecule is Cc1ccc2c(Cc3cc4ccccc4n3C(=O)OC(C)(C)C)c[nH]c2c1. The number of hydrogen-bond acceptors (Lipinski definition) is 2. The van der Waals surface area contributed by atoms with Gasteiger partial charge in [0.15, 0.2) is 0 Å². The predicted molar refractivity (Wildman–Crippen MR) is 109 cm³/mol. The molecule has 4 nitrogen and oxygen atoms in total. The van der Waals surface area contributed by atoms with E-state index in [2.05, 4.69) is 36.2 Å². The molecule has 4 rings (SSSR count). The summed E-state index contributed by atoms with van der Waals surface area (Å²) < 4.78 is 7.37. The van der Waals surface area contributed by atoms with Crippen molar-refractivity contribution >= 4 is 27.9 Å². The maximum absolute atomic E-state index is 12.9. The molecule has 0 fully saturated rings. The maximum atomic E-state index is 12.9. The zero-order valence-electron chi connectivity index (χ0n) is 16.2. The van der Waals surface area contributed by atoms with E-state index in [1.54, 1.807) is 4.57 Å². The number of carbonyl (C=O) groups is 1. The number of para-hydroxylation sites is 1. The Labute approximate surface area is 158 Å². The van der Waals surface area contributed by atoms with Crippen LogP contribution in [0.5, 0.6) is 0 Å². The number of aromatic nitrogens is 2. The minimum absolute atomic E-state index is 0.339. The molecule has 138 valence electrons. The van der Waals surface area contributed by atoms with Crippen LogP contribution in [0.1, 0.15) is 37.6 Å². The summed E-state index contributed by atoms with van der Waals surface area (Å²) in [6.45, 7) is 7.75. The number of hydrogen-bond donors (Lipinski definition) is 1. The first-order chi connectivity index (χ1) is 12.8. The van der Waals surface area contributed by atoms with Gasteiger partial charge in [-0.05, 0) is 57.0 Å². The summed E-state index contributed by atoms with van der Waals surface area (Å²) in [7, 11) is 0. The van der Waals surface area contributed by atoms with E-state index in [-0.39, 0.29) is 6.09 Å². The first-order valence-electron chi connectivity index (χ1n) is 9.21. The van der Waals surface area contributed by atoms with Gasteiger partial charge in [0.25, 0.3) is 0 Å². The molecule has 1 N–H and O–H groups in total. The van der Waals surface area contributed by atoms with E-state index in [1.165, 1.54) is 10.9 Å². The Morgan fingerprint density at radius 1 is 1.11 bits per heavy atom. The molecule has 0 bridgehead atoms. The Hall–Kier alpha value is -3.01. The van der Waals surface area contributed by atoms with Gasteiger partial charge in [-0.15, -0.1) is 0 Å². The topological polar surface area (TPSA) is 47.0 Å². The van der Waals surface area contributed by atoms with E-state index in [1.807, 2.05) is 51.2 Å². The number of nitrogens with one attached hydrogen (secondary N) is 1. The van der Waals surface area contributed by atoms with Crippen LogP contribution < -0.4 is 0 Å². The molecule has 0 saturated carbocycles. The molecule has 0 unspecified atom stereocenters. The maximum Gasteiger partial charge on any atom is 0.419 e. The molecule has 0 aliphatic heterocycles. The number of benzene rings is 2. The number of rotatable bonds is 2. The van der Waals surface area contributed by atoms with E-state index in [0.717, 1.165) is 27.7 Å². The molecule has 2 aromatic heterocycles. The highest BCUT2D eigenvalue weighted by Gasteiger charge is 2.22. The molecule has 0 radical (unpaired) electrons. The summed E-state index contributed by atoms with van der Waals surface area (Å²) in [6.07, 6.45) is 2.34. The van der Waals surface area contributed by atoms with Crippen molar-refractivity contribution in [3.8, 4) is 0 Å². The first-order valence-corrected chi connectivity index (χ1v) is 9.21. The van der Waals surface area contributed by atoms with Crippen LogP contribution in [0.4, 0.5) is 4.79 Å². The first kappa shape index (κ1) is 17.4. The van der Waals surface area contributed by atoms with Gasteiger partial charge in [0, 0.05) is 34.6 Å². The second kappa shape index (κ2) is 6.31. The standard InChI is InChI=1S/C23H24N2O2/c1-15-9-10-19-17(14-24-20(19)11-15)13-18-12-16-7-5-6-8-21(16)25(18)22(26)27-23(2,3)4/h5-12,14,24H,13H2,1-4H3. The zero-order valence-corrected chi connectivity index (χ0v) is 16.2. The minimum Gasteiger partial charge on any atom is -0.443 e. The van der Waals surface area contributed by atoms with Crippen LogP contribution in [-0.2, 0) is 11.2 Å². The van der Waals surface area contributed by atoms with Gasteiger partial charge in [0.1, 0.15) is 5.60 Å². The number of aryl methyl sites for hydroxylation is 1. The summed E-state index contributed by atoms with van der Waals surface area (Å²) >= 11 is 0. The molecule has 4 heteroatoms. The lowest BCUT2D eigenvalue weighted by Crippen LogP contribution is -2.28. The third-order valence-electron chi connectivity index (χ3n) is 4.66. The lowest BCUT2D eigenvalue weighted by molar-refractivity contribution is 0.0541. The summed E-state index contributed by atoms with van der Waals surface area (Å²) in [6, 6.07) is 16.4. The smallest absolute Gasteiger partial charge is 0.419 e. The molecule has 0 amide bonds. The van der Waals surface area contributed by atoms with Crippen molar-refractivity contribution in [3.63, 3.8) is 0 Å². The van der Waals surface area contributed by atoms with Crippen LogP contribution in [-0.4, -0.2) is 21.2 Å². The summed E-state index contributed by atoms with van der Waals surface area (Å²) in [4.78, 5) is 16.3. The predicted octanol–water partition coefficient (Wildman–Crippen LogP) is 5.81. The minimum atomic E-state index is -0.544. The van der Waals surface area contributed by atoms with Gasteiger partial charge in [-0.25, -0.2) is 9.36 Å². The quantitative estimate of drug-likeness (QED) is 0.491. The van der Waals surface area contributed by atoms with Crippen LogP contribution in [0.15, 0.2) is 54.7 Å². The number of carbonyl (C=O) groups excluding carboxylic acids is 1. The molecule has 0 saturated heterocycles. The molecular formula is C23H24N2O2. The molecule has 27 heavy (non-hydrogen) atoms. The molecular weight excluding hydrogens is 336 g/mol. The van der Waals surface area contributed by atoms with Crippen molar-refractivity contribution in [2.75, 3.05) is 0 Å². The third kappa shape index (κ3) is 3.35. The Kier molecular flexibility index (Phi) is 4.06. The van der Waals surface area contributed by atoms with Gasteiger partial charge in [0.05, 0.1) is 5.52 Å². The molecule has 2 heterocycles. The van der Waals surface area contributed by atoms with E-state index < -0.39 is 5.60 Å². The van der Waals surface area contributed by atoms with Gasteiger partial charge >= 0.3 is 6.09 Å². The van der Waals surface area contributed by atoms with E-state index in [9.17, 15) is 4.79 Å². The van der Waals surface area contributed by atoms with Gasteiger partial charge < -0.3 is 9.72 Å². The fourth-order valence-electron chi connectivity index (χ4n) is 3.51. The number of H-pyrrole nitrogens is 1. The summed E-state index contributed by atoms with van der Waals surface area (Å²) in [5, 5.41) is 2.22. The van der Waals surface area contributed by atoms with Crippen molar-refractivity contribution in [3.05, 3.63) is 71.5 Å². The van der Waals surface area contributed by atoms with Crippen LogP contribution in [0.25, 0.3) is 21.8 Å². The van der Waals surface area contributed by atoms with Crippen molar-refractivity contribution in [1.82, 2.24) is 9.55 Å². The lowest BCUT2D eigenvalue weighted by Gasteiger charge is -2.21. The highest BCUT2D eigenvalue weighted by atomic mass is 16.6. The van der Waals surface area contributed by atoms with Crippen LogP contribution >= 0.6 is 0 Å². The molecule has 0 spiro atoms. The second-order valence-electron chi connectivity index (χ2n) is 8.05. The normalized spacial score (nSPS) is 12.0. The number of fused-ring (bicyclic) bond motifs is 2. The Morgan fingerprint density at radius 3 is 2.67 bits per heavy atom. The van der Waals surface area contributed by atoms with E-state index >= 15 is 0 Å². The Balaban J connectivity index is 1.81. The van der Waals surface area contributed by atoms with Crippen LogP contribution in [0, 0.1) is 6.92 Å². The van der Waals surface area contributed by atoms with Gasteiger partial charge in [-0.2, -0.15) is 0 Å². The van der Waals surface area contributed by atoms with Crippen LogP contribution in [0.2, 0.25) is 0 Å². The molecule has 0 aliphatic rings. The molecule has 0 aliphatic carbocycles. The Morgan fingerprint density at radius 2 is 1.89 bits per heavy atom. The van der Waals surface area contributed by atoms with Crippen molar-refractivity contribution < 1.29 is 9.53 Å². The highest BCUT2D eigenvalue weighted by Crippen LogP contribution is 2.27. The molecule has 4 aromatic rings. The van der Waals surface area contributed by atoms with Crippen molar-refractivity contribution in [2.24, 2.45) is 0 Å². The van der Waals surface area contributed by atoms with Gasteiger partial charge in [-0.1, -0.05) is 30.3 Å². The van der Waals surface area contributed by atoms with Crippen LogP contribution in [0.3, 0.4) is 0 Å². The zero-order chi connectivity index (χ0) is 19.2. The van der Waals surface area contributed by atoms with Gasteiger partial charge in [-0.3, -0.25) is 0 Å². The largest absolute Gasteiger partial charge is 0.443 e.